The van der Waals surface area contributed by atoms with Crippen molar-refractivity contribution in [2.75, 3.05) is 0 Å². The Morgan fingerprint density at radius 3 is 2.68 bits per heavy atom. The Labute approximate surface area is 134 Å². The van der Waals surface area contributed by atoms with E-state index in [-0.39, 0.29) is 27.3 Å². The molecule has 4 rings (SSSR count). The van der Waals surface area contributed by atoms with Gasteiger partial charge in [0, 0.05) is 21.7 Å². The van der Waals surface area contributed by atoms with Crippen molar-refractivity contribution >= 4 is 51.2 Å². The molecule has 4 nitrogen and oxygen atoms in total. The van der Waals surface area contributed by atoms with E-state index in [4.69, 9.17) is 23.2 Å². The second-order valence-electron chi connectivity index (χ2n) is 5.32. The van der Waals surface area contributed by atoms with Gasteiger partial charge in [0.25, 0.3) is 0 Å². The van der Waals surface area contributed by atoms with Gasteiger partial charge in [0.15, 0.2) is 0 Å². The number of pyridine rings is 2. The summed E-state index contributed by atoms with van der Waals surface area (Å²) in [4.78, 5) is 31.4. The molecule has 1 atom stereocenters. The molecule has 0 bridgehead atoms. The van der Waals surface area contributed by atoms with E-state index in [0.29, 0.717) is 33.6 Å². The lowest BCUT2D eigenvalue weighted by Gasteiger charge is -2.14. The number of halogens is 2. The van der Waals surface area contributed by atoms with Gasteiger partial charge < -0.3 is 9.97 Å². The fourth-order valence-electron chi connectivity index (χ4n) is 2.84. The van der Waals surface area contributed by atoms with Gasteiger partial charge in [0.1, 0.15) is 11.0 Å². The first-order valence-electron chi connectivity index (χ1n) is 6.77. The minimum absolute atomic E-state index is 0.187. The van der Waals surface area contributed by atoms with Crippen LogP contribution in [0.2, 0.25) is 5.02 Å². The number of hydrogen-bond acceptors (Lipinski definition) is 2. The molecule has 1 unspecified atom stereocenters. The molecule has 2 heterocycles. The van der Waals surface area contributed by atoms with E-state index in [9.17, 15) is 9.59 Å². The third-order valence-corrected chi connectivity index (χ3v) is 4.45. The van der Waals surface area contributed by atoms with Crippen molar-refractivity contribution in [1.29, 1.82) is 0 Å². The first-order chi connectivity index (χ1) is 10.5. The zero-order chi connectivity index (χ0) is 15.4. The lowest BCUT2D eigenvalue weighted by Crippen LogP contribution is -2.23. The number of alkyl halides is 1. The summed E-state index contributed by atoms with van der Waals surface area (Å²) in [7, 11) is 0. The number of fused-ring (bicyclic) bond motifs is 3. The number of H-pyrrole nitrogens is 2. The Morgan fingerprint density at radius 2 is 1.86 bits per heavy atom. The molecule has 6 heteroatoms. The number of aromatic amines is 2. The fraction of sp³-hybridized carbons (Fsp3) is 0.125. The zero-order valence-corrected chi connectivity index (χ0v) is 12.8. The highest BCUT2D eigenvalue weighted by Gasteiger charge is 2.19. The predicted octanol–water partition coefficient (Wildman–Crippen LogP) is 3.20. The molecule has 0 radical (unpaired) electrons. The summed E-state index contributed by atoms with van der Waals surface area (Å²) in [6.07, 6.45) is 4.00. The normalized spacial score (nSPS) is 17.1. The van der Waals surface area contributed by atoms with Crippen molar-refractivity contribution in [1.82, 2.24) is 9.97 Å². The summed E-state index contributed by atoms with van der Waals surface area (Å²) >= 11 is 12.0. The first kappa shape index (κ1) is 13.6. The Morgan fingerprint density at radius 1 is 1.09 bits per heavy atom. The molecule has 0 amide bonds. The van der Waals surface area contributed by atoms with Crippen LogP contribution in [-0.4, -0.2) is 15.3 Å². The summed E-state index contributed by atoms with van der Waals surface area (Å²) in [6.45, 7) is 0. The molecule has 2 N–H and O–H groups in total. The van der Waals surface area contributed by atoms with Gasteiger partial charge in [-0.1, -0.05) is 17.7 Å². The van der Waals surface area contributed by atoms with E-state index >= 15 is 0 Å². The first-order valence-corrected chi connectivity index (χ1v) is 7.59. The molecule has 0 saturated heterocycles. The van der Waals surface area contributed by atoms with E-state index in [1.165, 1.54) is 0 Å². The summed E-state index contributed by atoms with van der Waals surface area (Å²) in [6, 6.07) is 4.97. The monoisotopic (exact) mass is 332 g/mol. The predicted molar refractivity (Wildman–Crippen MR) is 90.1 cm³/mol. The van der Waals surface area contributed by atoms with Gasteiger partial charge in [-0.3, -0.25) is 9.59 Å². The van der Waals surface area contributed by atoms with E-state index < -0.39 is 0 Å². The molecule has 3 aromatic rings. The van der Waals surface area contributed by atoms with Crippen molar-refractivity contribution in [2.45, 2.75) is 11.8 Å². The third-order valence-electron chi connectivity index (χ3n) is 3.92. The molecule has 1 aliphatic rings. The molecule has 0 fully saturated rings. The van der Waals surface area contributed by atoms with Crippen molar-refractivity contribution in [3.8, 4) is 0 Å². The number of nitrogens with one attached hydrogen (secondary N) is 2. The van der Waals surface area contributed by atoms with Gasteiger partial charge in [-0.05, 0) is 30.7 Å². The molecule has 110 valence electrons. The van der Waals surface area contributed by atoms with Crippen LogP contribution in [0, 0.1) is 0 Å². The van der Waals surface area contributed by atoms with Gasteiger partial charge >= 0.3 is 0 Å². The van der Waals surface area contributed by atoms with Gasteiger partial charge in [0.2, 0.25) is 10.9 Å². The summed E-state index contributed by atoms with van der Waals surface area (Å²) in [5.74, 6) is 0. The molecular formula is C16H10Cl2N2O2. The van der Waals surface area contributed by atoms with Crippen molar-refractivity contribution in [3.05, 3.63) is 61.0 Å². The Kier molecular flexibility index (Phi) is 2.93. The fourth-order valence-corrected chi connectivity index (χ4v) is 3.24. The Balaban J connectivity index is 2.20. The van der Waals surface area contributed by atoms with Crippen molar-refractivity contribution < 1.29 is 0 Å². The standard InChI is InChI=1S/C16H10Cl2N2O2/c17-7-1-3-11-9(5-7)15(21)14-13(19-11)16(22)10-6-8(18)2-4-12(10)20-14/h1-5,8H,6H2,(H,19,21)(H,20,22). The van der Waals surface area contributed by atoms with Crippen LogP contribution >= 0.6 is 23.2 Å². The maximum absolute atomic E-state index is 12.7. The Hall–Kier alpha value is -2.04. The number of allylic oxidation sites excluding steroid dienone is 1. The summed E-state index contributed by atoms with van der Waals surface area (Å²) in [5.41, 5.74) is 1.93. The molecular weight excluding hydrogens is 323 g/mol. The molecule has 1 aromatic carbocycles. The van der Waals surface area contributed by atoms with Gasteiger partial charge in [-0.2, -0.15) is 0 Å². The SMILES string of the molecule is O=c1c2c([nH]c3c(=O)c4cc(Cl)ccc4[nH]c13)C=CC(Cl)C2. The lowest BCUT2D eigenvalue weighted by atomic mass is 10.00. The van der Waals surface area contributed by atoms with E-state index in [1.54, 1.807) is 30.4 Å². The molecule has 0 aliphatic heterocycles. The average Bonchev–Trinajstić information content (AvgIpc) is 2.50. The lowest BCUT2D eigenvalue weighted by molar-refractivity contribution is 0.966. The minimum Gasteiger partial charge on any atom is -0.350 e. The maximum atomic E-state index is 12.7. The Bertz CT molecular complexity index is 1080. The molecule has 0 spiro atoms. The second kappa shape index (κ2) is 4.73. The minimum atomic E-state index is -0.243. The highest BCUT2D eigenvalue weighted by Crippen LogP contribution is 2.21. The molecule has 0 saturated carbocycles. The van der Waals surface area contributed by atoms with Gasteiger partial charge in [-0.15, -0.1) is 11.6 Å². The molecule has 1 aliphatic carbocycles. The largest absolute Gasteiger partial charge is 0.350 e. The topological polar surface area (TPSA) is 65.7 Å². The third kappa shape index (κ3) is 1.91. The number of aromatic nitrogens is 2. The van der Waals surface area contributed by atoms with E-state index in [1.807, 2.05) is 0 Å². The second-order valence-corrected chi connectivity index (χ2v) is 6.32. The maximum Gasteiger partial charge on any atom is 0.213 e. The summed E-state index contributed by atoms with van der Waals surface area (Å²) < 4.78 is 0. The molecule has 2 aromatic heterocycles. The highest BCUT2D eigenvalue weighted by molar-refractivity contribution is 6.31. The smallest absolute Gasteiger partial charge is 0.213 e. The van der Waals surface area contributed by atoms with Gasteiger partial charge in [-0.25, -0.2) is 0 Å². The van der Waals surface area contributed by atoms with E-state index in [0.717, 1.165) is 0 Å². The average molecular weight is 333 g/mol. The van der Waals surface area contributed by atoms with Crippen molar-refractivity contribution in [2.24, 2.45) is 0 Å². The van der Waals surface area contributed by atoms with Crippen LogP contribution in [-0.2, 0) is 6.42 Å². The van der Waals surface area contributed by atoms with Crippen LogP contribution in [0.1, 0.15) is 11.3 Å². The van der Waals surface area contributed by atoms with Gasteiger partial charge in [0.05, 0.1) is 10.9 Å². The summed E-state index contributed by atoms with van der Waals surface area (Å²) in [5, 5.41) is 0.713. The van der Waals surface area contributed by atoms with Crippen molar-refractivity contribution in [3.63, 3.8) is 0 Å². The van der Waals surface area contributed by atoms with Crippen LogP contribution in [0.5, 0.6) is 0 Å². The van der Waals surface area contributed by atoms with Crippen LogP contribution in [0.25, 0.3) is 28.0 Å². The quantitative estimate of drug-likeness (QED) is 0.490. The number of hydrogen-bond donors (Lipinski definition) is 2. The highest BCUT2D eigenvalue weighted by atomic mass is 35.5. The van der Waals surface area contributed by atoms with Crippen LogP contribution in [0.3, 0.4) is 0 Å². The number of benzene rings is 1. The van der Waals surface area contributed by atoms with Crippen LogP contribution in [0.4, 0.5) is 0 Å². The van der Waals surface area contributed by atoms with Crippen LogP contribution < -0.4 is 10.9 Å². The van der Waals surface area contributed by atoms with Crippen LogP contribution in [0.15, 0.2) is 33.9 Å². The molecule has 22 heavy (non-hydrogen) atoms. The zero-order valence-electron chi connectivity index (χ0n) is 11.2. The number of rotatable bonds is 0. The van der Waals surface area contributed by atoms with E-state index in [2.05, 4.69) is 9.97 Å².